The lowest BCUT2D eigenvalue weighted by atomic mass is 10.0. The Labute approximate surface area is 103 Å². The minimum atomic E-state index is -1.03. The van der Waals surface area contributed by atoms with E-state index in [9.17, 15) is 9.18 Å². The number of benzene rings is 2. The van der Waals surface area contributed by atoms with Crippen molar-refractivity contribution in [3.05, 3.63) is 53.8 Å². The van der Waals surface area contributed by atoms with Crippen LogP contribution in [0.1, 0.15) is 10.4 Å². The van der Waals surface area contributed by atoms with Gasteiger partial charge in [-0.2, -0.15) is 0 Å². The van der Waals surface area contributed by atoms with Crippen molar-refractivity contribution >= 4 is 18.6 Å². The third-order valence-corrected chi connectivity index (χ3v) is 2.79. The molecule has 2 nitrogen and oxygen atoms in total. The summed E-state index contributed by atoms with van der Waals surface area (Å²) in [5, 5.41) is 8.97. The van der Waals surface area contributed by atoms with E-state index in [1.54, 1.807) is 24.3 Å². The maximum absolute atomic E-state index is 12.8. The molecule has 0 unspecified atom stereocenters. The largest absolute Gasteiger partial charge is 0.478 e. The second-order valence-corrected chi connectivity index (χ2v) is 4.03. The predicted molar refractivity (Wildman–Crippen MR) is 66.0 cm³/mol. The lowest BCUT2D eigenvalue weighted by molar-refractivity contribution is 0.0693. The van der Waals surface area contributed by atoms with Crippen LogP contribution in [0, 0.1) is 5.82 Å². The van der Waals surface area contributed by atoms with E-state index < -0.39 is 5.97 Å². The first-order valence-corrected chi connectivity index (χ1v) is 5.35. The van der Waals surface area contributed by atoms with E-state index in [0.717, 1.165) is 11.1 Å². The number of rotatable bonds is 2. The fraction of sp³-hybridized carbons (Fsp3) is 0. The molecule has 86 valence electrons. The topological polar surface area (TPSA) is 37.3 Å². The summed E-state index contributed by atoms with van der Waals surface area (Å²) in [6, 6.07) is 10.8. The van der Waals surface area contributed by atoms with Crippen LogP contribution in [0.5, 0.6) is 0 Å². The van der Waals surface area contributed by atoms with Crippen LogP contribution >= 0.6 is 12.6 Å². The van der Waals surface area contributed by atoms with Crippen molar-refractivity contribution in [3.8, 4) is 11.1 Å². The summed E-state index contributed by atoms with van der Waals surface area (Å²) in [5.41, 5.74) is 1.62. The van der Waals surface area contributed by atoms with E-state index in [1.165, 1.54) is 18.2 Å². The van der Waals surface area contributed by atoms with Crippen LogP contribution in [0.2, 0.25) is 0 Å². The van der Waals surface area contributed by atoms with Crippen molar-refractivity contribution in [2.75, 3.05) is 0 Å². The van der Waals surface area contributed by atoms with Crippen molar-refractivity contribution in [2.24, 2.45) is 0 Å². The summed E-state index contributed by atoms with van der Waals surface area (Å²) in [6.07, 6.45) is 0. The highest BCUT2D eigenvalue weighted by molar-refractivity contribution is 7.80. The molecule has 2 rings (SSSR count). The molecule has 0 radical (unpaired) electrons. The van der Waals surface area contributed by atoms with Crippen LogP contribution in [-0.2, 0) is 0 Å². The van der Waals surface area contributed by atoms with Crippen molar-refractivity contribution in [1.29, 1.82) is 0 Å². The maximum Gasteiger partial charge on any atom is 0.336 e. The van der Waals surface area contributed by atoms with Crippen LogP contribution < -0.4 is 0 Å². The van der Waals surface area contributed by atoms with Gasteiger partial charge >= 0.3 is 5.97 Å². The average Bonchev–Trinajstić information content (AvgIpc) is 2.30. The van der Waals surface area contributed by atoms with E-state index in [1.807, 2.05) is 0 Å². The number of aromatic carboxylic acids is 1. The Morgan fingerprint density at radius 3 is 2.24 bits per heavy atom. The minimum absolute atomic E-state index is 0.134. The number of halogens is 1. The molecule has 2 aromatic carbocycles. The monoisotopic (exact) mass is 248 g/mol. The normalized spacial score (nSPS) is 10.2. The van der Waals surface area contributed by atoms with Gasteiger partial charge in [0.05, 0.1) is 5.56 Å². The van der Waals surface area contributed by atoms with E-state index in [0.29, 0.717) is 4.90 Å². The first kappa shape index (κ1) is 11.7. The van der Waals surface area contributed by atoms with Crippen molar-refractivity contribution in [3.63, 3.8) is 0 Å². The Balaban J connectivity index is 2.50. The second-order valence-electron chi connectivity index (χ2n) is 3.54. The summed E-state index contributed by atoms with van der Waals surface area (Å²) in [4.78, 5) is 11.4. The molecule has 0 aromatic heterocycles. The van der Waals surface area contributed by atoms with Gasteiger partial charge in [-0.15, -0.1) is 12.6 Å². The molecule has 0 aliphatic rings. The first-order chi connectivity index (χ1) is 8.08. The Morgan fingerprint density at radius 2 is 1.65 bits per heavy atom. The third kappa shape index (κ3) is 2.47. The van der Waals surface area contributed by atoms with Crippen molar-refractivity contribution in [1.82, 2.24) is 0 Å². The Morgan fingerprint density at radius 1 is 1.06 bits per heavy atom. The Hall–Kier alpha value is -1.81. The fourth-order valence-electron chi connectivity index (χ4n) is 1.53. The van der Waals surface area contributed by atoms with Crippen molar-refractivity contribution in [2.45, 2.75) is 4.90 Å². The molecule has 0 bridgehead atoms. The van der Waals surface area contributed by atoms with Crippen LogP contribution in [-0.4, -0.2) is 11.1 Å². The fourth-order valence-corrected chi connectivity index (χ4v) is 1.76. The summed E-state index contributed by atoms with van der Waals surface area (Å²) in [6.45, 7) is 0. The summed E-state index contributed by atoms with van der Waals surface area (Å²) in [7, 11) is 0. The summed E-state index contributed by atoms with van der Waals surface area (Å²) in [5.74, 6) is -1.35. The number of carboxylic acids is 1. The highest BCUT2D eigenvalue weighted by Gasteiger charge is 2.09. The second kappa shape index (κ2) is 4.59. The number of hydrogen-bond acceptors (Lipinski definition) is 2. The standard InChI is InChI=1S/C13H9FO2S/c14-10-4-1-8(2-5-10)9-3-6-12(17)11(7-9)13(15)16/h1-7,17H,(H,15,16). The van der Waals surface area contributed by atoms with Gasteiger partial charge in [-0.25, -0.2) is 9.18 Å². The third-order valence-electron chi connectivity index (χ3n) is 2.40. The van der Waals surface area contributed by atoms with Crippen molar-refractivity contribution < 1.29 is 14.3 Å². The molecule has 0 aliphatic carbocycles. The molecular weight excluding hydrogens is 239 g/mol. The Kier molecular flexibility index (Phi) is 3.15. The molecule has 1 N–H and O–H groups in total. The zero-order chi connectivity index (χ0) is 12.4. The highest BCUT2D eigenvalue weighted by Crippen LogP contribution is 2.24. The van der Waals surface area contributed by atoms with Crippen LogP contribution in [0.4, 0.5) is 4.39 Å². The van der Waals surface area contributed by atoms with Crippen LogP contribution in [0.3, 0.4) is 0 Å². The van der Waals surface area contributed by atoms with Gasteiger partial charge in [0, 0.05) is 4.90 Å². The van der Waals surface area contributed by atoms with Gasteiger partial charge in [0.25, 0.3) is 0 Å². The SMILES string of the molecule is O=C(O)c1cc(-c2ccc(F)cc2)ccc1S. The van der Waals surface area contributed by atoms with Gasteiger partial charge in [-0.05, 0) is 35.4 Å². The number of carboxylic acid groups (broad SMARTS) is 1. The number of carbonyl (C=O) groups is 1. The molecule has 0 atom stereocenters. The van der Waals surface area contributed by atoms with Gasteiger partial charge in [-0.1, -0.05) is 18.2 Å². The number of thiol groups is 1. The summed E-state index contributed by atoms with van der Waals surface area (Å²) >= 11 is 4.07. The molecule has 0 aliphatic heterocycles. The lowest BCUT2D eigenvalue weighted by Gasteiger charge is -2.05. The van der Waals surface area contributed by atoms with E-state index in [-0.39, 0.29) is 11.4 Å². The Bertz CT molecular complexity index is 564. The van der Waals surface area contributed by atoms with E-state index in [4.69, 9.17) is 5.11 Å². The smallest absolute Gasteiger partial charge is 0.336 e. The minimum Gasteiger partial charge on any atom is -0.478 e. The molecule has 0 amide bonds. The predicted octanol–water partition coefficient (Wildman–Crippen LogP) is 3.48. The molecular formula is C13H9FO2S. The van der Waals surface area contributed by atoms with Gasteiger partial charge in [-0.3, -0.25) is 0 Å². The van der Waals surface area contributed by atoms with Gasteiger partial charge in [0.1, 0.15) is 5.82 Å². The van der Waals surface area contributed by atoms with Gasteiger partial charge in [0.2, 0.25) is 0 Å². The quantitative estimate of drug-likeness (QED) is 0.798. The first-order valence-electron chi connectivity index (χ1n) is 4.90. The molecule has 0 heterocycles. The zero-order valence-corrected chi connectivity index (χ0v) is 9.62. The van der Waals surface area contributed by atoms with Gasteiger partial charge < -0.3 is 5.11 Å². The zero-order valence-electron chi connectivity index (χ0n) is 8.72. The highest BCUT2D eigenvalue weighted by atomic mass is 32.1. The van der Waals surface area contributed by atoms with Crippen LogP contribution in [0.15, 0.2) is 47.4 Å². The van der Waals surface area contributed by atoms with E-state index in [2.05, 4.69) is 12.6 Å². The molecule has 0 saturated heterocycles. The van der Waals surface area contributed by atoms with Crippen LogP contribution in [0.25, 0.3) is 11.1 Å². The maximum atomic E-state index is 12.8. The molecule has 2 aromatic rings. The lowest BCUT2D eigenvalue weighted by Crippen LogP contribution is -1.98. The average molecular weight is 248 g/mol. The molecule has 17 heavy (non-hydrogen) atoms. The van der Waals surface area contributed by atoms with Gasteiger partial charge in [0.15, 0.2) is 0 Å². The molecule has 4 heteroatoms. The molecule has 0 fully saturated rings. The summed E-state index contributed by atoms with van der Waals surface area (Å²) < 4.78 is 12.8. The number of hydrogen-bond donors (Lipinski definition) is 2. The van der Waals surface area contributed by atoms with E-state index >= 15 is 0 Å². The molecule has 0 spiro atoms. The molecule has 0 saturated carbocycles.